The topological polar surface area (TPSA) is 48.6 Å². The van der Waals surface area contributed by atoms with Crippen LogP contribution in [0.3, 0.4) is 0 Å². The van der Waals surface area contributed by atoms with Crippen LogP contribution >= 0.6 is 0 Å². The standard InChI is InChI=1S/C16H27N5/c1-2-19-7-9-21(10-8-19)15-4-6-20(13-15)12-14-3-5-18-16(17)11-14/h3,5,11,15H,2,4,6-10,12-13H2,1H3,(H2,17,18). The van der Waals surface area contributed by atoms with Crippen molar-refractivity contribution in [3.63, 3.8) is 0 Å². The molecule has 5 nitrogen and oxygen atoms in total. The summed E-state index contributed by atoms with van der Waals surface area (Å²) in [6, 6.07) is 4.81. The van der Waals surface area contributed by atoms with Crippen molar-refractivity contribution >= 4 is 5.82 Å². The zero-order valence-corrected chi connectivity index (χ0v) is 13.0. The Kier molecular flexibility index (Phi) is 4.73. The van der Waals surface area contributed by atoms with E-state index >= 15 is 0 Å². The van der Waals surface area contributed by atoms with E-state index in [1.54, 1.807) is 0 Å². The molecule has 1 aromatic rings. The number of rotatable bonds is 4. The van der Waals surface area contributed by atoms with Crippen molar-refractivity contribution < 1.29 is 0 Å². The van der Waals surface area contributed by atoms with Gasteiger partial charge in [0.05, 0.1) is 0 Å². The first-order valence-electron chi connectivity index (χ1n) is 8.14. The third kappa shape index (κ3) is 3.73. The number of likely N-dealkylation sites (N-methyl/N-ethyl adjacent to an activating group) is 1. The molecule has 2 aliphatic heterocycles. The fraction of sp³-hybridized carbons (Fsp3) is 0.688. The van der Waals surface area contributed by atoms with Gasteiger partial charge in [0.15, 0.2) is 0 Å². The lowest BCUT2D eigenvalue weighted by Crippen LogP contribution is -2.50. The summed E-state index contributed by atoms with van der Waals surface area (Å²) in [6.07, 6.45) is 3.11. The first kappa shape index (κ1) is 14.8. The average Bonchev–Trinajstić information content (AvgIpc) is 2.96. The number of aromatic nitrogens is 1. The monoisotopic (exact) mass is 289 g/mol. The molecular weight excluding hydrogens is 262 g/mol. The molecule has 0 radical (unpaired) electrons. The van der Waals surface area contributed by atoms with Crippen molar-refractivity contribution in [1.82, 2.24) is 19.7 Å². The van der Waals surface area contributed by atoms with E-state index in [0.717, 1.165) is 12.6 Å². The number of hydrogen-bond acceptors (Lipinski definition) is 5. The minimum Gasteiger partial charge on any atom is -0.384 e. The summed E-state index contributed by atoms with van der Waals surface area (Å²) in [5, 5.41) is 0. The van der Waals surface area contributed by atoms with Crippen LogP contribution in [0.15, 0.2) is 18.3 Å². The quantitative estimate of drug-likeness (QED) is 0.891. The number of pyridine rings is 1. The molecular formula is C16H27N5. The number of hydrogen-bond donors (Lipinski definition) is 1. The number of likely N-dealkylation sites (tertiary alicyclic amines) is 1. The number of nitrogen functional groups attached to an aromatic ring is 1. The third-order valence-electron chi connectivity index (χ3n) is 4.87. The Morgan fingerprint density at radius 1 is 1.19 bits per heavy atom. The van der Waals surface area contributed by atoms with Gasteiger partial charge in [-0.25, -0.2) is 4.98 Å². The van der Waals surface area contributed by atoms with Crippen molar-refractivity contribution in [2.75, 3.05) is 51.5 Å². The molecule has 2 N–H and O–H groups in total. The highest BCUT2D eigenvalue weighted by Gasteiger charge is 2.29. The number of piperazine rings is 1. The highest BCUT2D eigenvalue weighted by molar-refractivity contribution is 5.31. The summed E-state index contributed by atoms with van der Waals surface area (Å²) in [6.45, 7) is 11.7. The molecule has 21 heavy (non-hydrogen) atoms. The third-order valence-corrected chi connectivity index (χ3v) is 4.87. The Labute approximate surface area is 127 Å². The molecule has 2 fully saturated rings. The fourth-order valence-electron chi connectivity index (χ4n) is 3.55. The maximum absolute atomic E-state index is 5.76. The predicted octanol–water partition coefficient (Wildman–Crippen LogP) is 0.876. The van der Waals surface area contributed by atoms with Gasteiger partial charge in [-0.3, -0.25) is 9.80 Å². The van der Waals surface area contributed by atoms with E-state index in [0.29, 0.717) is 5.82 Å². The molecule has 3 rings (SSSR count). The summed E-state index contributed by atoms with van der Waals surface area (Å²) in [5.41, 5.74) is 7.04. The lowest BCUT2D eigenvalue weighted by molar-refractivity contribution is 0.101. The van der Waals surface area contributed by atoms with Crippen LogP contribution in [0.25, 0.3) is 0 Å². The van der Waals surface area contributed by atoms with Crippen molar-refractivity contribution in [1.29, 1.82) is 0 Å². The molecule has 2 aliphatic rings. The van der Waals surface area contributed by atoms with Crippen LogP contribution in [0, 0.1) is 0 Å². The van der Waals surface area contributed by atoms with E-state index in [1.165, 1.54) is 57.8 Å². The molecule has 5 heteroatoms. The molecule has 0 aliphatic carbocycles. The van der Waals surface area contributed by atoms with Crippen molar-refractivity contribution in [2.24, 2.45) is 0 Å². The van der Waals surface area contributed by atoms with E-state index in [9.17, 15) is 0 Å². The van der Waals surface area contributed by atoms with Crippen LogP contribution < -0.4 is 5.73 Å². The van der Waals surface area contributed by atoms with Gasteiger partial charge >= 0.3 is 0 Å². The molecule has 0 amide bonds. The van der Waals surface area contributed by atoms with Crippen LogP contribution in [0.5, 0.6) is 0 Å². The second-order valence-electron chi connectivity index (χ2n) is 6.24. The summed E-state index contributed by atoms with van der Waals surface area (Å²) in [7, 11) is 0. The fourth-order valence-corrected chi connectivity index (χ4v) is 3.55. The van der Waals surface area contributed by atoms with Gasteiger partial charge in [0.25, 0.3) is 0 Å². The summed E-state index contributed by atoms with van der Waals surface area (Å²) >= 11 is 0. The van der Waals surface area contributed by atoms with Crippen LogP contribution in [0.2, 0.25) is 0 Å². The number of nitrogens with two attached hydrogens (primary N) is 1. The molecule has 0 saturated carbocycles. The molecule has 1 unspecified atom stereocenters. The van der Waals surface area contributed by atoms with Crippen LogP contribution in [0.4, 0.5) is 5.82 Å². The Bertz CT molecular complexity index is 456. The molecule has 0 aromatic carbocycles. The summed E-state index contributed by atoms with van der Waals surface area (Å²) in [5.74, 6) is 0.624. The SMILES string of the molecule is CCN1CCN(C2CCN(Cc3ccnc(N)c3)C2)CC1. The van der Waals surface area contributed by atoms with Gasteiger partial charge in [0.1, 0.15) is 5.82 Å². The Hall–Kier alpha value is -1.17. The normalized spacial score (nSPS) is 25.5. The second-order valence-corrected chi connectivity index (χ2v) is 6.24. The maximum atomic E-state index is 5.76. The first-order chi connectivity index (χ1) is 10.2. The zero-order chi connectivity index (χ0) is 14.7. The molecule has 116 valence electrons. The van der Waals surface area contributed by atoms with Crippen molar-refractivity contribution in [3.05, 3.63) is 23.9 Å². The highest BCUT2D eigenvalue weighted by atomic mass is 15.3. The van der Waals surface area contributed by atoms with Gasteiger partial charge in [0, 0.05) is 58.1 Å². The van der Waals surface area contributed by atoms with E-state index in [2.05, 4.69) is 32.7 Å². The van der Waals surface area contributed by atoms with Gasteiger partial charge < -0.3 is 10.6 Å². The van der Waals surface area contributed by atoms with Gasteiger partial charge in [-0.05, 0) is 30.7 Å². The number of nitrogens with zero attached hydrogens (tertiary/aromatic N) is 4. The molecule has 1 atom stereocenters. The van der Waals surface area contributed by atoms with E-state index in [4.69, 9.17) is 5.73 Å². The molecule has 3 heterocycles. The minimum atomic E-state index is 0.624. The minimum absolute atomic E-state index is 0.624. The summed E-state index contributed by atoms with van der Waals surface area (Å²) < 4.78 is 0. The lowest BCUT2D eigenvalue weighted by Gasteiger charge is -2.37. The molecule has 2 saturated heterocycles. The smallest absolute Gasteiger partial charge is 0.123 e. The second kappa shape index (κ2) is 6.73. The van der Waals surface area contributed by atoms with Crippen LogP contribution in [-0.4, -0.2) is 71.5 Å². The summed E-state index contributed by atoms with van der Waals surface area (Å²) in [4.78, 5) is 11.8. The van der Waals surface area contributed by atoms with Gasteiger partial charge in [0.2, 0.25) is 0 Å². The number of anilines is 1. The first-order valence-corrected chi connectivity index (χ1v) is 8.14. The molecule has 0 bridgehead atoms. The van der Waals surface area contributed by atoms with Crippen molar-refractivity contribution in [2.45, 2.75) is 25.9 Å². The van der Waals surface area contributed by atoms with E-state index in [1.807, 2.05) is 12.3 Å². The highest BCUT2D eigenvalue weighted by Crippen LogP contribution is 2.19. The molecule has 0 spiro atoms. The van der Waals surface area contributed by atoms with Crippen molar-refractivity contribution in [3.8, 4) is 0 Å². The Morgan fingerprint density at radius 2 is 2.00 bits per heavy atom. The Morgan fingerprint density at radius 3 is 2.71 bits per heavy atom. The predicted molar refractivity (Wildman–Crippen MR) is 86.0 cm³/mol. The van der Waals surface area contributed by atoms with E-state index in [-0.39, 0.29) is 0 Å². The maximum Gasteiger partial charge on any atom is 0.123 e. The largest absolute Gasteiger partial charge is 0.384 e. The Balaban J connectivity index is 1.49. The van der Waals surface area contributed by atoms with Gasteiger partial charge in [-0.1, -0.05) is 6.92 Å². The van der Waals surface area contributed by atoms with E-state index < -0.39 is 0 Å². The lowest BCUT2D eigenvalue weighted by atomic mass is 10.2. The van der Waals surface area contributed by atoms with Crippen LogP contribution in [-0.2, 0) is 6.54 Å². The zero-order valence-electron chi connectivity index (χ0n) is 13.0. The average molecular weight is 289 g/mol. The molecule has 1 aromatic heterocycles. The van der Waals surface area contributed by atoms with Crippen LogP contribution in [0.1, 0.15) is 18.9 Å². The van der Waals surface area contributed by atoms with Gasteiger partial charge in [-0.2, -0.15) is 0 Å². The van der Waals surface area contributed by atoms with Gasteiger partial charge in [-0.15, -0.1) is 0 Å².